The normalized spacial score (nSPS) is 16.5. The summed E-state index contributed by atoms with van der Waals surface area (Å²) in [5.74, 6) is 0.305. The molecule has 0 unspecified atom stereocenters. The fourth-order valence-electron chi connectivity index (χ4n) is 2.01. The minimum absolute atomic E-state index is 0.305. The van der Waals surface area contributed by atoms with E-state index in [9.17, 15) is 4.79 Å². The topological polar surface area (TPSA) is 21.5 Å². The smallest absolute Gasteiger partial charge is 0.179 e. The summed E-state index contributed by atoms with van der Waals surface area (Å²) in [6, 6.07) is 2.15. The van der Waals surface area contributed by atoms with Crippen molar-refractivity contribution in [3.05, 3.63) is 28.9 Å². The van der Waals surface area contributed by atoms with Gasteiger partial charge in [-0.3, -0.25) is 4.79 Å². The van der Waals surface area contributed by atoms with Crippen molar-refractivity contribution < 1.29 is 4.79 Å². The van der Waals surface area contributed by atoms with Gasteiger partial charge in [-0.1, -0.05) is 0 Å². The Morgan fingerprint density at radius 2 is 2.31 bits per heavy atom. The van der Waals surface area contributed by atoms with Crippen LogP contribution >= 0.6 is 11.3 Å². The number of ketones is 1. The quantitative estimate of drug-likeness (QED) is 0.627. The molecule has 0 bridgehead atoms. The molecule has 0 aliphatic heterocycles. The zero-order valence-corrected chi connectivity index (χ0v) is 7.93. The van der Waals surface area contributed by atoms with Gasteiger partial charge in [0.1, 0.15) is 0 Å². The van der Waals surface area contributed by atoms with E-state index in [4.69, 9.17) is 0 Å². The molecule has 0 atom stereocenters. The second-order valence-electron chi connectivity index (χ2n) is 3.41. The molecule has 0 fully saturated rings. The number of aryl methyl sites for hydroxylation is 1. The number of aromatic nitrogens is 1. The van der Waals surface area contributed by atoms with Gasteiger partial charge in [-0.05, 0) is 24.5 Å². The number of carbonyl (C=O) groups is 1. The molecule has 1 aliphatic rings. The summed E-state index contributed by atoms with van der Waals surface area (Å²) in [7, 11) is 0. The van der Waals surface area contributed by atoms with Crippen LogP contribution in [0, 0.1) is 0 Å². The molecule has 0 N–H and O–H groups in total. The molecule has 0 amide bonds. The van der Waals surface area contributed by atoms with Gasteiger partial charge >= 0.3 is 0 Å². The van der Waals surface area contributed by atoms with Crippen LogP contribution in [0.4, 0.5) is 0 Å². The van der Waals surface area contributed by atoms with Gasteiger partial charge in [0.05, 0.1) is 10.5 Å². The highest BCUT2D eigenvalue weighted by Crippen LogP contribution is 2.27. The lowest BCUT2D eigenvalue weighted by Crippen LogP contribution is -2.11. The maximum absolute atomic E-state index is 11.6. The molecule has 66 valence electrons. The van der Waals surface area contributed by atoms with E-state index >= 15 is 0 Å². The van der Waals surface area contributed by atoms with E-state index in [1.165, 1.54) is 10.4 Å². The van der Waals surface area contributed by atoms with Gasteiger partial charge in [-0.2, -0.15) is 0 Å². The molecular weight excluding hydrogens is 182 g/mol. The standard InChI is InChI=1S/C10H9NOS/c12-8-3-1-2-7-6-9-11(10(7)8)4-5-13-9/h4-6H,1-3H2. The van der Waals surface area contributed by atoms with Crippen molar-refractivity contribution in [2.45, 2.75) is 19.3 Å². The average molecular weight is 191 g/mol. The lowest BCUT2D eigenvalue weighted by molar-refractivity contribution is 0.0967. The molecule has 0 aromatic carbocycles. The first kappa shape index (κ1) is 7.33. The Hall–Kier alpha value is -1.09. The van der Waals surface area contributed by atoms with Crippen molar-refractivity contribution in [2.75, 3.05) is 0 Å². The highest BCUT2D eigenvalue weighted by atomic mass is 32.1. The van der Waals surface area contributed by atoms with E-state index in [2.05, 4.69) is 6.07 Å². The van der Waals surface area contributed by atoms with Crippen LogP contribution in [-0.2, 0) is 6.42 Å². The fourth-order valence-corrected chi connectivity index (χ4v) is 2.81. The number of Topliss-reactive ketones (excluding diaryl/α,β-unsaturated/α-hetero) is 1. The van der Waals surface area contributed by atoms with Gasteiger partial charge in [-0.15, -0.1) is 11.3 Å². The maximum Gasteiger partial charge on any atom is 0.179 e. The van der Waals surface area contributed by atoms with Crippen LogP contribution in [0.5, 0.6) is 0 Å². The number of rotatable bonds is 0. The van der Waals surface area contributed by atoms with E-state index in [0.717, 1.165) is 25.0 Å². The third-order valence-corrected chi connectivity index (χ3v) is 3.41. The summed E-state index contributed by atoms with van der Waals surface area (Å²) in [5.41, 5.74) is 2.17. The zero-order valence-electron chi connectivity index (χ0n) is 7.12. The summed E-state index contributed by atoms with van der Waals surface area (Å²) >= 11 is 1.69. The van der Waals surface area contributed by atoms with Crippen LogP contribution in [0.15, 0.2) is 17.6 Å². The number of nitrogens with zero attached hydrogens (tertiary/aromatic N) is 1. The first-order chi connectivity index (χ1) is 6.36. The molecular formula is C10H9NOS. The van der Waals surface area contributed by atoms with Crippen LogP contribution in [-0.4, -0.2) is 10.2 Å². The molecule has 0 radical (unpaired) electrons. The number of carbonyl (C=O) groups excluding carboxylic acids is 1. The third-order valence-electron chi connectivity index (χ3n) is 2.59. The summed E-state index contributed by atoms with van der Waals surface area (Å²) < 4.78 is 2.03. The Labute approximate surface area is 79.8 Å². The Morgan fingerprint density at radius 1 is 1.38 bits per heavy atom. The molecule has 13 heavy (non-hydrogen) atoms. The van der Waals surface area contributed by atoms with Gasteiger partial charge in [0, 0.05) is 18.0 Å². The predicted octanol–water partition coefficient (Wildman–Crippen LogP) is 2.52. The van der Waals surface area contributed by atoms with Gasteiger partial charge in [-0.25, -0.2) is 0 Å². The maximum atomic E-state index is 11.6. The van der Waals surface area contributed by atoms with Crippen LogP contribution in [0.3, 0.4) is 0 Å². The van der Waals surface area contributed by atoms with Crippen molar-refractivity contribution in [3.63, 3.8) is 0 Å². The highest BCUT2D eigenvalue weighted by molar-refractivity contribution is 7.15. The van der Waals surface area contributed by atoms with Crippen molar-refractivity contribution >= 4 is 22.0 Å². The minimum Gasteiger partial charge on any atom is -0.304 e. The van der Waals surface area contributed by atoms with E-state index in [1.807, 2.05) is 16.0 Å². The van der Waals surface area contributed by atoms with E-state index < -0.39 is 0 Å². The molecule has 0 spiro atoms. The molecule has 2 nitrogen and oxygen atoms in total. The second-order valence-corrected chi connectivity index (χ2v) is 4.33. The number of hydrogen-bond acceptors (Lipinski definition) is 2. The number of fused-ring (bicyclic) bond motifs is 3. The summed E-state index contributed by atoms with van der Waals surface area (Å²) in [6.45, 7) is 0. The highest BCUT2D eigenvalue weighted by Gasteiger charge is 2.21. The van der Waals surface area contributed by atoms with Crippen molar-refractivity contribution in [3.8, 4) is 0 Å². The molecule has 0 saturated carbocycles. The zero-order chi connectivity index (χ0) is 8.84. The van der Waals surface area contributed by atoms with Gasteiger partial charge < -0.3 is 4.40 Å². The first-order valence-electron chi connectivity index (χ1n) is 4.47. The summed E-state index contributed by atoms with van der Waals surface area (Å²) in [5, 5.41) is 2.03. The minimum atomic E-state index is 0.305. The Morgan fingerprint density at radius 3 is 3.23 bits per heavy atom. The molecule has 3 heteroatoms. The van der Waals surface area contributed by atoms with E-state index in [1.54, 1.807) is 11.3 Å². The SMILES string of the molecule is O=C1CCCc2cc3sccn3c21. The molecule has 2 aromatic rings. The molecule has 3 rings (SSSR count). The number of hydrogen-bond donors (Lipinski definition) is 0. The van der Waals surface area contributed by atoms with E-state index in [0.29, 0.717) is 5.78 Å². The van der Waals surface area contributed by atoms with Gasteiger partial charge in [0.2, 0.25) is 0 Å². The molecule has 2 heterocycles. The van der Waals surface area contributed by atoms with Crippen LogP contribution in [0.2, 0.25) is 0 Å². The molecule has 1 aliphatic carbocycles. The summed E-state index contributed by atoms with van der Waals surface area (Å²) in [4.78, 5) is 12.8. The summed E-state index contributed by atoms with van der Waals surface area (Å²) in [6.07, 6.45) is 4.79. The largest absolute Gasteiger partial charge is 0.304 e. The Kier molecular flexibility index (Phi) is 1.38. The van der Waals surface area contributed by atoms with Crippen molar-refractivity contribution in [1.29, 1.82) is 0 Å². The fraction of sp³-hybridized carbons (Fsp3) is 0.300. The third kappa shape index (κ3) is 0.907. The lowest BCUT2D eigenvalue weighted by atomic mass is 9.97. The van der Waals surface area contributed by atoms with Gasteiger partial charge in [0.15, 0.2) is 5.78 Å². The number of thiazole rings is 1. The van der Waals surface area contributed by atoms with E-state index in [-0.39, 0.29) is 0 Å². The molecule has 2 aromatic heterocycles. The first-order valence-corrected chi connectivity index (χ1v) is 5.35. The second kappa shape index (κ2) is 2.45. The Balaban J connectivity index is 2.39. The van der Waals surface area contributed by atoms with Gasteiger partial charge in [0.25, 0.3) is 0 Å². The molecule has 0 saturated heterocycles. The lowest BCUT2D eigenvalue weighted by Gasteiger charge is -2.09. The monoisotopic (exact) mass is 191 g/mol. The van der Waals surface area contributed by atoms with Crippen molar-refractivity contribution in [1.82, 2.24) is 4.40 Å². The van der Waals surface area contributed by atoms with Crippen molar-refractivity contribution in [2.24, 2.45) is 0 Å². The van der Waals surface area contributed by atoms with Crippen LogP contribution < -0.4 is 0 Å². The van der Waals surface area contributed by atoms with Crippen LogP contribution in [0.1, 0.15) is 28.9 Å². The Bertz CT molecular complexity index is 480. The average Bonchev–Trinajstić information content (AvgIpc) is 2.62. The van der Waals surface area contributed by atoms with Crippen LogP contribution in [0.25, 0.3) is 4.83 Å². The predicted molar refractivity (Wildman–Crippen MR) is 52.5 cm³/mol.